The zero-order valence-electron chi connectivity index (χ0n) is 3.24. The van der Waals surface area contributed by atoms with Crippen molar-refractivity contribution in [3.05, 3.63) is 0 Å². The van der Waals surface area contributed by atoms with Crippen LogP contribution in [0, 0.1) is 0 Å². The zero-order chi connectivity index (χ0) is 6.28. The van der Waals surface area contributed by atoms with E-state index in [9.17, 15) is 0 Å². The van der Waals surface area contributed by atoms with Gasteiger partial charge in [-0.25, -0.2) is 4.79 Å². The van der Waals surface area contributed by atoms with E-state index in [1.54, 1.807) is 0 Å². The summed E-state index contributed by atoms with van der Waals surface area (Å²) < 4.78 is 0. The second-order valence-corrected chi connectivity index (χ2v) is 0.388. The van der Waals surface area contributed by atoms with Gasteiger partial charge in [0.05, 0.1) is 0 Å². The normalized spacial score (nSPS) is 4.00. The molecule has 0 aromatic carbocycles. The number of hydrogen-bond acceptors (Lipinski definition) is 2. The molecule has 0 aromatic heterocycles. The van der Waals surface area contributed by atoms with E-state index in [2.05, 4.69) is 0 Å². The van der Waals surface area contributed by atoms with Crippen LogP contribution in [0.3, 0.4) is 0 Å². The van der Waals surface area contributed by atoms with Gasteiger partial charge in [0.2, 0.25) is 0 Å². The fraction of sp³-hybridized carbons (Fsp3) is 0. The van der Waals surface area contributed by atoms with Crippen LogP contribution in [0.1, 0.15) is 0 Å². The van der Waals surface area contributed by atoms with Crippen molar-refractivity contribution in [2.75, 3.05) is 0 Å². The SMILES string of the molecule is O=C(O)O.O=CO.[CaH2].[CaH2]. The molecule has 0 unspecified atom stereocenters. The number of rotatable bonds is 0. The van der Waals surface area contributed by atoms with E-state index in [4.69, 9.17) is 24.9 Å². The molecule has 0 aromatic rings. The molecule has 0 rings (SSSR count). The molecule has 5 nitrogen and oxygen atoms in total. The first-order valence-electron chi connectivity index (χ1n) is 1.15. The molecule has 0 saturated carbocycles. The Morgan fingerprint density at radius 3 is 1.22 bits per heavy atom. The van der Waals surface area contributed by atoms with Crippen LogP contribution in [-0.2, 0) is 4.79 Å². The van der Waals surface area contributed by atoms with Gasteiger partial charge >= 0.3 is 81.6 Å². The van der Waals surface area contributed by atoms with Gasteiger partial charge in [-0.15, -0.1) is 0 Å². The Balaban J connectivity index is -0.0000000233. The van der Waals surface area contributed by atoms with Crippen molar-refractivity contribution in [1.29, 1.82) is 0 Å². The summed E-state index contributed by atoms with van der Waals surface area (Å²) in [4.78, 5) is 16.9. The molecule has 0 radical (unpaired) electrons. The van der Waals surface area contributed by atoms with Crippen LogP contribution in [-0.4, -0.2) is 103 Å². The molecule has 0 fully saturated rings. The molecular weight excluding hydrogens is 184 g/mol. The van der Waals surface area contributed by atoms with Crippen LogP contribution in [0.25, 0.3) is 0 Å². The summed E-state index contributed by atoms with van der Waals surface area (Å²) in [6.45, 7) is -0.250. The van der Waals surface area contributed by atoms with Gasteiger partial charge in [0.1, 0.15) is 0 Å². The summed E-state index contributed by atoms with van der Waals surface area (Å²) in [6.07, 6.45) is -1.83. The molecule has 3 N–H and O–H groups in total. The summed E-state index contributed by atoms with van der Waals surface area (Å²) in [7, 11) is 0. The van der Waals surface area contributed by atoms with Crippen LogP contribution in [0.4, 0.5) is 4.79 Å². The molecule has 0 heterocycles. The van der Waals surface area contributed by atoms with Gasteiger partial charge in [-0.05, 0) is 0 Å². The molecule has 7 heteroatoms. The minimum absolute atomic E-state index is 0. The molecule has 0 aliphatic rings. The van der Waals surface area contributed by atoms with Crippen molar-refractivity contribution >= 4 is 88.1 Å². The molecule has 0 aliphatic heterocycles. The number of carboxylic acid groups (broad SMARTS) is 3. The monoisotopic (exact) mass is 192 g/mol. The standard InChI is InChI=1S/CH2O3.CH2O2.2Ca.4H/c2-1(3)4;2-1-3;;;;;;/h(H2,2,3,4);1H,(H,2,3);;;;;;. The summed E-state index contributed by atoms with van der Waals surface area (Å²) in [5, 5.41) is 20.8. The average Bonchev–Trinajstić information content (AvgIpc) is 1.33. The summed E-state index contributed by atoms with van der Waals surface area (Å²) in [6, 6.07) is 0. The Bertz CT molecular complexity index is 60.0. The summed E-state index contributed by atoms with van der Waals surface area (Å²) >= 11 is 0. The fourth-order valence-corrected chi connectivity index (χ4v) is 0. The molecule has 0 bridgehead atoms. The summed E-state index contributed by atoms with van der Waals surface area (Å²) in [5.74, 6) is 0. The quantitative estimate of drug-likeness (QED) is 0.307. The Hall–Kier alpha value is 1.26. The van der Waals surface area contributed by atoms with E-state index in [-0.39, 0.29) is 81.9 Å². The third kappa shape index (κ3) is 308. The van der Waals surface area contributed by atoms with Gasteiger partial charge in [-0.3, -0.25) is 4.79 Å². The predicted octanol–water partition coefficient (Wildman–Crippen LogP) is -1.91. The average molecular weight is 192 g/mol. The fourth-order valence-electron chi connectivity index (χ4n) is 0. The van der Waals surface area contributed by atoms with Crippen molar-refractivity contribution < 1.29 is 24.9 Å². The Morgan fingerprint density at radius 2 is 1.22 bits per heavy atom. The maximum absolute atomic E-state index is 8.56. The molecule has 0 saturated heterocycles. The Morgan fingerprint density at radius 1 is 1.22 bits per heavy atom. The molecule has 0 atom stereocenters. The third-order valence-electron chi connectivity index (χ3n) is 0. The zero-order valence-corrected chi connectivity index (χ0v) is 3.24. The van der Waals surface area contributed by atoms with E-state index in [1.807, 2.05) is 0 Å². The van der Waals surface area contributed by atoms with E-state index < -0.39 is 6.16 Å². The van der Waals surface area contributed by atoms with Crippen LogP contribution in [0.15, 0.2) is 0 Å². The van der Waals surface area contributed by atoms with E-state index in [1.165, 1.54) is 0 Å². The molecule has 0 amide bonds. The Labute approximate surface area is 111 Å². The van der Waals surface area contributed by atoms with Gasteiger partial charge < -0.3 is 15.3 Å². The Kier molecular flexibility index (Phi) is 57.0. The van der Waals surface area contributed by atoms with Gasteiger partial charge in [-0.2, -0.15) is 0 Å². The minimum atomic E-state index is -1.83. The second-order valence-electron chi connectivity index (χ2n) is 0.388. The van der Waals surface area contributed by atoms with Crippen LogP contribution in [0.5, 0.6) is 0 Å². The second kappa shape index (κ2) is 22.8. The maximum atomic E-state index is 8.56. The predicted molar refractivity (Wildman–Crippen MR) is 36.4 cm³/mol. The van der Waals surface area contributed by atoms with Crippen molar-refractivity contribution in [2.45, 2.75) is 0 Å². The molecule has 9 heavy (non-hydrogen) atoms. The van der Waals surface area contributed by atoms with Gasteiger partial charge in [-0.1, -0.05) is 0 Å². The van der Waals surface area contributed by atoms with E-state index >= 15 is 0 Å². The molecular formula is C2H8Ca2O5. The molecule has 50 valence electrons. The van der Waals surface area contributed by atoms with Crippen molar-refractivity contribution in [2.24, 2.45) is 0 Å². The molecule has 0 aliphatic carbocycles. The van der Waals surface area contributed by atoms with Crippen LogP contribution >= 0.6 is 0 Å². The van der Waals surface area contributed by atoms with Crippen molar-refractivity contribution in [3.8, 4) is 0 Å². The first-order valence-corrected chi connectivity index (χ1v) is 1.15. The van der Waals surface area contributed by atoms with Crippen molar-refractivity contribution in [3.63, 3.8) is 0 Å². The van der Waals surface area contributed by atoms with Gasteiger partial charge in [0, 0.05) is 0 Å². The summed E-state index contributed by atoms with van der Waals surface area (Å²) in [5.41, 5.74) is 0. The molecule has 0 spiro atoms. The van der Waals surface area contributed by atoms with Crippen LogP contribution in [0.2, 0.25) is 0 Å². The topological polar surface area (TPSA) is 94.8 Å². The number of hydrogen-bond donors (Lipinski definition) is 3. The number of carbonyl (C=O) groups is 2. The van der Waals surface area contributed by atoms with E-state index in [0.29, 0.717) is 0 Å². The van der Waals surface area contributed by atoms with Crippen molar-refractivity contribution in [1.82, 2.24) is 0 Å². The van der Waals surface area contributed by atoms with Gasteiger partial charge in [0.15, 0.2) is 0 Å². The third-order valence-corrected chi connectivity index (χ3v) is 0. The first-order chi connectivity index (χ1) is 3.15. The first kappa shape index (κ1) is 22.5. The van der Waals surface area contributed by atoms with Gasteiger partial charge in [0.25, 0.3) is 6.47 Å². The van der Waals surface area contributed by atoms with E-state index in [0.717, 1.165) is 0 Å². The van der Waals surface area contributed by atoms with Crippen LogP contribution < -0.4 is 0 Å².